The van der Waals surface area contributed by atoms with Crippen LogP contribution in [-0.4, -0.2) is 77.8 Å². The third-order valence-electron chi connectivity index (χ3n) is 3.79. The van der Waals surface area contributed by atoms with Gasteiger partial charge < -0.3 is 32.5 Å². The summed E-state index contributed by atoms with van der Waals surface area (Å²) in [6, 6.07) is -2.82. The molecule has 0 rings (SSSR count). The standard InChI is InChI=1S/C16H31N5O5S2/c1-28-7-5-10(18)14(23)19-8-13(22)20-12(9-27)15(24)21-11(16(25)26)4-2-3-6-17/h10-12,27H,2-9,17-18H2,1H3,(H,19,23)(H,20,22)(H,21,24)(H,25,26). The van der Waals surface area contributed by atoms with E-state index in [1.165, 1.54) is 0 Å². The first-order valence-electron chi connectivity index (χ1n) is 8.92. The molecule has 162 valence electrons. The van der Waals surface area contributed by atoms with E-state index < -0.39 is 41.8 Å². The summed E-state index contributed by atoms with van der Waals surface area (Å²) in [5.74, 6) is -2.20. The quantitative estimate of drug-likeness (QED) is 0.117. The number of aliphatic carboxylic acids is 1. The largest absolute Gasteiger partial charge is 0.480 e. The van der Waals surface area contributed by atoms with Crippen LogP contribution in [0, 0.1) is 0 Å². The number of amides is 3. The van der Waals surface area contributed by atoms with E-state index in [9.17, 15) is 24.3 Å². The van der Waals surface area contributed by atoms with E-state index in [1.807, 2.05) is 6.26 Å². The van der Waals surface area contributed by atoms with Gasteiger partial charge in [0, 0.05) is 5.75 Å². The fraction of sp³-hybridized carbons (Fsp3) is 0.750. The van der Waals surface area contributed by atoms with E-state index in [0.717, 1.165) is 5.75 Å². The molecule has 10 nitrogen and oxygen atoms in total. The first-order valence-corrected chi connectivity index (χ1v) is 10.9. The average molecular weight is 438 g/mol. The second kappa shape index (κ2) is 15.4. The van der Waals surface area contributed by atoms with Crippen LogP contribution in [0.5, 0.6) is 0 Å². The molecule has 0 aliphatic heterocycles. The summed E-state index contributed by atoms with van der Waals surface area (Å²) in [4.78, 5) is 47.3. The lowest BCUT2D eigenvalue weighted by Gasteiger charge is -2.20. The number of carboxylic acids is 1. The van der Waals surface area contributed by atoms with Crippen LogP contribution >= 0.6 is 24.4 Å². The highest BCUT2D eigenvalue weighted by Gasteiger charge is 2.25. The molecule has 0 aliphatic rings. The highest BCUT2D eigenvalue weighted by Crippen LogP contribution is 2.02. The molecular formula is C16H31N5O5S2. The Morgan fingerprint density at radius 3 is 2.29 bits per heavy atom. The van der Waals surface area contributed by atoms with E-state index in [4.69, 9.17) is 11.5 Å². The van der Waals surface area contributed by atoms with E-state index in [0.29, 0.717) is 25.8 Å². The number of nitrogens with two attached hydrogens (primary N) is 2. The molecule has 0 aromatic heterocycles. The molecule has 0 heterocycles. The first kappa shape index (κ1) is 26.5. The molecule has 0 saturated heterocycles. The van der Waals surface area contributed by atoms with Crippen molar-refractivity contribution in [1.82, 2.24) is 16.0 Å². The van der Waals surface area contributed by atoms with Crippen LogP contribution in [-0.2, 0) is 19.2 Å². The normalized spacial score (nSPS) is 13.9. The van der Waals surface area contributed by atoms with Crippen molar-refractivity contribution in [3.8, 4) is 0 Å². The van der Waals surface area contributed by atoms with E-state index in [2.05, 4.69) is 28.6 Å². The van der Waals surface area contributed by atoms with Gasteiger partial charge in [-0.15, -0.1) is 0 Å². The molecule has 0 spiro atoms. The molecule has 0 radical (unpaired) electrons. The van der Waals surface area contributed by atoms with Crippen molar-refractivity contribution in [2.45, 2.75) is 43.8 Å². The number of rotatable bonds is 15. The number of carbonyl (C=O) groups is 4. The van der Waals surface area contributed by atoms with Gasteiger partial charge in [-0.3, -0.25) is 14.4 Å². The fourth-order valence-electron chi connectivity index (χ4n) is 2.14. The number of hydrogen-bond donors (Lipinski definition) is 7. The zero-order valence-electron chi connectivity index (χ0n) is 16.0. The van der Waals surface area contributed by atoms with Crippen molar-refractivity contribution in [1.29, 1.82) is 0 Å². The molecule has 3 unspecified atom stereocenters. The molecule has 0 aromatic carbocycles. The Morgan fingerprint density at radius 1 is 1.07 bits per heavy atom. The molecule has 12 heteroatoms. The van der Waals surface area contributed by atoms with Crippen LogP contribution in [0.15, 0.2) is 0 Å². The summed E-state index contributed by atoms with van der Waals surface area (Å²) in [7, 11) is 0. The van der Waals surface area contributed by atoms with E-state index in [-0.39, 0.29) is 18.7 Å². The molecular weight excluding hydrogens is 406 g/mol. The van der Waals surface area contributed by atoms with Gasteiger partial charge in [-0.25, -0.2) is 4.79 Å². The SMILES string of the molecule is CSCCC(N)C(=O)NCC(=O)NC(CS)C(=O)NC(CCCCN)C(=O)O. The lowest BCUT2D eigenvalue weighted by atomic mass is 10.1. The van der Waals surface area contributed by atoms with Gasteiger partial charge in [-0.1, -0.05) is 0 Å². The van der Waals surface area contributed by atoms with Crippen LogP contribution in [0.4, 0.5) is 0 Å². The monoisotopic (exact) mass is 437 g/mol. The summed E-state index contributed by atoms with van der Waals surface area (Å²) in [5.41, 5.74) is 11.1. The minimum atomic E-state index is -1.17. The van der Waals surface area contributed by atoms with Crippen LogP contribution in [0.2, 0.25) is 0 Å². The summed E-state index contributed by atoms with van der Waals surface area (Å²) in [6.07, 6.45) is 3.81. The maximum atomic E-state index is 12.2. The number of unbranched alkanes of at least 4 members (excludes halogenated alkanes) is 1. The fourth-order valence-corrected chi connectivity index (χ4v) is 2.88. The predicted octanol–water partition coefficient (Wildman–Crippen LogP) is -1.70. The molecule has 8 N–H and O–H groups in total. The summed E-state index contributed by atoms with van der Waals surface area (Å²) >= 11 is 5.58. The summed E-state index contributed by atoms with van der Waals surface area (Å²) < 4.78 is 0. The van der Waals surface area contributed by atoms with Crippen LogP contribution < -0.4 is 27.4 Å². The van der Waals surface area contributed by atoms with Gasteiger partial charge in [0.2, 0.25) is 17.7 Å². The molecule has 3 atom stereocenters. The van der Waals surface area contributed by atoms with E-state index in [1.54, 1.807) is 11.8 Å². The molecule has 0 aliphatic carbocycles. The molecule has 0 saturated carbocycles. The maximum absolute atomic E-state index is 12.2. The van der Waals surface area contributed by atoms with Gasteiger partial charge in [-0.05, 0) is 44.2 Å². The minimum absolute atomic E-state index is 0.0338. The molecule has 28 heavy (non-hydrogen) atoms. The highest BCUT2D eigenvalue weighted by molar-refractivity contribution is 7.98. The maximum Gasteiger partial charge on any atom is 0.326 e. The Labute approximate surface area is 174 Å². The Bertz CT molecular complexity index is 524. The Hall–Kier alpha value is -1.50. The number of thiol groups is 1. The van der Waals surface area contributed by atoms with Gasteiger partial charge in [0.1, 0.15) is 12.1 Å². The third-order valence-corrected chi connectivity index (χ3v) is 4.80. The van der Waals surface area contributed by atoms with Crippen molar-refractivity contribution in [2.75, 3.05) is 30.9 Å². The Balaban J connectivity index is 4.52. The van der Waals surface area contributed by atoms with Crippen molar-refractivity contribution >= 4 is 48.1 Å². The van der Waals surface area contributed by atoms with Gasteiger partial charge in [0.25, 0.3) is 0 Å². The summed E-state index contributed by atoms with van der Waals surface area (Å²) in [5, 5.41) is 16.4. The highest BCUT2D eigenvalue weighted by atomic mass is 32.2. The van der Waals surface area contributed by atoms with Crippen molar-refractivity contribution in [3.63, 3.8) is 0 Å². The molecule has 0 bridgehead atoms. The van der Waals surface area contributed by atoms with Crippen LogP contribution in [0.25, 0.3) is 0 Å². The van der Waals surface area contributed by atoms with Gasteiger partial charge >= 0.3 is 5.97 Å². The Morgan fingerprint density at radius 2 is 1.75 bits per heavy atom. The molecule has 0 fully saturated rings. The average Bonchev–Trinajstić information content (AvgIpc) is 2.67. The minimum Gasteiger partial charge on any atom is -0.480 e. The van der Waals surface area contributed by atoms with Gasteiger partial charge in [0.15, 0.2) is 0 Å². The van der Waals surface area contributed by atoms with Crippen LogP contribution in [0.3, 0.4) is 0 Å². The number of carbonyl (C=O) groups excluding carboxylic acids is 3. The molecule has 3 amide bonds. The number of carboxylic acid groups (broad SMARTS) is 1. The molecule has 0 aromatic rings. The predicted molar refractivity (Wildman–Crippen MR) is 112 cm³/mol. The topological polar surface area (TPSA) is 177 Å². The lowest BCUT2D eigenvalue weighted by Crippen LogP contribution is -2.54. The number of thioether (sulfide) groups is 1. The lowest BCUT2D eigenvalue weighted by molar-refractivity contribution is -0.142. The smallest absolute Gasteiger partial charge is 0.326 e. The second-order valence-corrected chi connectivity index (χ2v) is 7.44. The van der Waals surface area contributed by atoms with Gasteiger partial charge in [-0.2, -0.15) is 24.4 Å². The van der Waals surface area contributed by atoms with Gasteiger partial charge in [0.05, 0.1) is 12.6 Å². The number of hydrogen-bond acceptors (Lipinski definition) is 8. The third kappa shape index (κ3) is 11.4. The van der Waals surface area contributed by atoms with Crippen LogP contribution in [0.1, 0.15) is 25.7 Å². The zero-order chi connectivity index (χ0) is 21.5. The van der Waals surface area contributed by atoms with Crippen molar-refractivity contribution < 1.29 is 24.3 Å². The van der Waals surface area contributed by atoms with Crippen molar-refractivity contribution in [2.24, 2.45) is 11.5 Å². The zero-order valence-corrected chi connectivity index (χ0v) is 17.7. The first-order chi connectivity index (χ1) is 13.3. The van der Waals surface area contributed by atoms with Crippen molar-refractivity contribution in [3.05, 3.63) is 0 Å². The second-order valence-electron chi connectivity index (χ2n) is 6.09. The van der Waals surface area contributed by atoms with E-state index >= 15 is 0 Å². The summed E-state index contributed by atoms with van der Waals surface area (Å²) in [6.45, 7) is 0.0878. The number of nitrogens with one attached hydrogen (secondary N) is 3. The Kier molecular flexibility index (Phi) is 14.6.